The van der Waals surface area contributed by atoms with Crippen LogP contribution in [0.4, 0.5) is 5.69 Å². The Hall–Kier alpha value is -2.04. The first-order chi connectivity index (χ1) is 10.0. The van der Waals surface area contributed by atoms with Crippen LogP contribution in [0.5, 0.6) is 0 Å². The minimum Gasteiger partial charge on any atom is -0.466 e. The number of hydrogen-bond acceptors (Lipinski definition) is 5. The highest BCUT2D eigenvalue weighted by Crippen LogP contribution is 2.14. The summed E-state index contributed by atoms with van der Waals surface area (Å²) < 4.78 is 10.0. The summed E-state index contributed by atoms with van der Waals surface area (Å²) in [7, 11) is 0. The molecule has 21 heavy (non-hydrogen) atoms. The van der Waals surface area contributed by atoms with Gasteiger partial charge in [0.2, 0.25) is 0 Å². The molecule has 2 N–H and O–H groups in total. The highest BCUT2D eigenvalue weighted by Gasteiger charge is 2.10. The number of benzene rings is 1. The van der Waals surface area contributed by atoms with Gasteiger partial charge in [-0.15, -0.1) is 0 Å². The van der Waals surface area contributed by atoms with Gasteiger partial charge < -0.3 is 15.2 Å². The maximum absolute atomic E-state index is 11.9. The monoisotopic (exact) mass is 293 g/mol. The summed E-state index contributed by atoms with van der Waals surface area (Å²) in [4.78, 5) is 23.0. The minimum absolute atomic E-state index is 0.174. The number of nitrogens with two attached hydrogens (primary N) is 1. The van der Waals surface area contributed by atoms with Crippen LogP contribution in [0.15, 0.2) is 18.2 Å². The smallest absolute Gasteiger partial charge is 0.338 e. The van der Waals surface area contributed by atoms with Crippen LogP contribution in [-0.4, -0.2) is 25.2 Å². The quantitative estimate of drug-likeness (QED) is 0.453. The molecule has 0 spiro atoms. The molecular formula is C16H23NO4. The topological polar surface area (TPSA) is 78.6 Å². The third-order valence-electron chi connectivity index (χ3n) is 3.03. The summed E-state index contributed by atoms with van der Waals surface area (Å²) in [5.41, 5.74) is 7.61. The van der Waals surface area contributed by atoms with Crippen molar-refractivity contribution in [3.05, 3.63) is 29.3 Å². The van der Waals surface area contributed by atoms with Gasteiger partial charge in [0.05, 0.1) is 18.8 Å². The van der Waals surface area contributed by atoms with Gasteiger partial charge in [-0.3, -0.25) is 4.79 Å². The summed E-state index contributed by atoms with van der Waals surface area (Å²) >= 11 is 0. The molecule has 0 radical (unpaired) electrons. The molecule has 0 amide bonds. The number of esters is 2. The van der Waals surface area contributed by atoms with Gasteiger partial charge in [-0.25, -0.2) is 4.79 Å². The first kappa shape index (κ1) is 17.0. The van der Waals surface area contributed by atoms with Crippen LogP contribution in [0.1, 0.15) is 48.5 Å². The fourth-order valence-corrected chi connectivity index (χ4v) is 1.94. The minimum atomic E-state index is -0.335. The number of rotatable bonds is 8. The molecule has 0 saturated heterocycles. The first-order valence-corrected chi connectivity index (χ1v) is 7.23. The predicted molar refractivity (Wildman–Crippen MR) is 81.0 cm³/mol. The maximum atomic E-state index is 11.9. The zero-order chi connectivity index (χ0) is 15.7. The lowest BCUT2D eigenvalue weighted by Gasteiger charge is -2.07. The molecule has 0 aliphatic heterocycles. The largest absolute Gasteiger partial charge is 0.466 e. The Morgan fingerprint density at radius 1 is 1.14 bits per heavy atom. The average Bonchev–Trinajstić information content (AvgIpc) is 2.42. The molecule has 5 heteroatoms. The summed E-state index contributed by atoms with van der Waals surface area (Å²) in [6.45, 7) is 4.38. The third-order valence-corrected chi connectivity index (χ3v) is 3.03. The molecule has 1 aromatic carbocycles. The molecule has 0 saturated carbocycles. The molecule has 5 nitrogen and oxygen atoms in total. The van der Waals surface area contributed by atoms with Crippen LogP contribution in [0.3, 0.4) is 0 Å². The average molecular weight is 293 g/mol. The van der Waals surface area contributed by atoms with Crippen LogP contribution in [0.25, 0.3) is 0 Å². The van der Waals surface area contributed by atoms with Crippen molar-refractivity contribution >= 4 is 17.6 Å². The van der Waals surface area contributed by atoms with E-state index in [9.17, 15) is 9.59 Å². The second-order valence-electron chi connectivity index (χ2n) is 4.83. The lowest BCUT2D eigenvalue weighted by molar-refractivity contribution is -0.143. The molecule has 0 heterocycles. The van der Waals surface area contributed by atoms with E-state index in [-0.39, 0.29) is 11.9 Å². The van der Waals surface area contributed by atoms with Gasteiger partial charge in [0.25, 0.3) is 0 Å². The maximum Gasteiger partial charge on any atom is 0.338 e. The number of ether oxygens (including phenoxy) is 2. The van der Waals surface area contributed by atoms with Crippen molar-refractivity contribution in [1.29, 1.82) is 0 Å². The SMILES string of the molecule is CCOC(=O)CCCCCOC(=O)c1ccc(N)cc1C. The van der Waals surface area contributed by atoms with E-state index in [0.29, 0.717) is 30.9 Å². The van der Waals surface area contributed by atoms with Gasteiger partial charge in [-0.1, -0.05) is 0 Å². The van der Waals surface area contributed by atoms with Crippen molar-refractivity contribution in [3.8, 4) is 0 Å². The third kappa shape index (κ3) is 6.29. The van der Waals surface area contributed by atoms with Gasteiger partial charge in [0.1, 0.15) is 0 Å². The van der Waals surface area contributed by atoms with Crippen molar-refractivity contribution in [1.82, 2.24) is 0 Å². The Kier molecular flexibility index (Phi) is 7.29. The van der Waals surface area contributed by atoms with Crippen molar-refractivity contribution in [2.24, 2.45) is 0 Å². The standard InChI is InChI=1S/C16H23NO4/c1-3-20-15(18)7-5-4-6-10-21-16(19)14-9-8-13(17)11-12(14)2/h8-9,11H,3-7,10,17H2,1-2H3. The van der Waals surface area contributed by atoms with E-state index in [1.165, 1.54) is 0 Å². The van der Waals surface area contributed by atoms with Crippen LogP contribution in [-0.2, 0) is 14.3 Å². The number of carbonyl (C=O) groups is 2. The fraction of sp³-hybridized carbons (Fsp3) is 0.500. The lowest BCUT2D eigenvalue weighted by Crippen LogP contribution is -2.09. The Morgan fingerprint density at radius 2 is 1.90 bits per heavy atom. The molecule has 0 aliphatic rings. The summed E-state index contributed by atoms with van der Waals surface area (Å²) in [5, 5.41) is 0. The van der Waals surface area contributed by atoms with Crippen LogP contribution in [0.2, 0.25) is 0 Å². The zero-order valence-electron chi connectivity index (χ0n) is 12.7. The summed E-state index contributed by atoms with van der Waals surface area (Å²) in [5.74, 6) is -0.509. The van der Waals surface area contributed by atoms with E-state index in [1.807, 2.05) is 6.92 Å². The van der Waals surface area contributed by atoms with Crippen molar-refractivity contribution < 1.29 is 19.1 Å². The van der Waals surface area contributed by atoms with Gasteiger partial charge in [-0.2, -0.15) is 0 Å². The summed E-state index contributed by atoms with van der Waals surface area (Å²) in [6, 6.07) is 5.10. The normalized spacial score (nSPS) is 10.2. The molecule has 0 bridgehead atoms. The number of nitrogen functional groups attached to an aromatic ring is 1. The first-order valence-electron chi connectivity index (χ1n) is 7.23. The van der Waals surface area contributed by atoms with Crippen molar-refractivity contribution in [2.45, 2.75) is 39.5 Å². The number of anilines is 1. The number of carbonyl (C=O) groups excluding carboxylic acids is 2. The zero-order valence-corrected chi connectivity index (χ0v) is 12.7. The Balaban J connectivity index is 2.21. The van der Waals surface area contributed by atoms with E-state index >= 15 is 0 Å². The molecular weight excluding hydrogens is 270 g/mol. The Bertz CT molecular complexity index is 485. The predicted octanol–water partition coefficient (Wildman–Crippen LogP) is 2.86. The number of unbranched alkanes of at least 4 members (excludes halogenated alkanes) is 2. The van der Waals surface area contributed by atoms with Crippen LogP contribution < -0.4 is 5.73 Å². The number of hydrogen-bond donors (Lipinski definition) is 1. The van der Waals surface area contributed by atoms with Gasteiger partial charge in [0.15, 0.2) is 0 Å². The lowest BCUT2D eigenvalue weighted by atomic mass is 10.1. The molecule has 0 aliphatic carbocycles. The Morgan fingerprint density at radius 3 is 2.57 bits per heavy atom. The van der Waals surface area contributed by atoms with Crippen LogP contribution in [0, 0.1) is 6.92 Å². The molecule has 0 atom stereocenters. The molecule has 0 unspecified atom stereocenters. The van der Waals surface area contributed by atoms with E-state index in [1.54, 1.807) is 25.1 Å². The summed E-state index contributed by atoms with van der Waals surface area (Å²) in [6.07, 6.45) is 2.72. The number of aryl methyl sites for hydroxylation is 1. The van der Waals surface area contributed by atoms with Gasteiger partial charge >= 0.3 is 11.9 Å². The fourth-order valence-electron chi connectivity index (χ4n) is 1.94. The van der Waals surface area contributed by atoms with E-state index in [2.05, 4.69) is 0 Å². The molecule has 1 rings (SSSR count). The second-order valence-corrected chi connectivity index (χ2v) is 4.83. The van der Waals surface area contributed by atoms with Crippen LogP contribution >= 0.6 is 0 Å². The molecule has 0 aromatic heterocycles. The highest BCUT2D eigenvalue weighted by atomic mass is 16.5. The Labute approximate surface area is 125 Å². The molecule has 1 aromatic rings. The van der Waals surface area contributed by atoms with E-state index in [4.69, 9.17) is 15.2 Å². The van der Waals surface area contributed by atoms with E-state index in [0.717, 1.165) is 24.8 Å². The highest BCUT2D eigenvalue weighted by molar-refractivity contribution is 5.91. The molecule has 0 fully saturated rings. The van der Waals surface area contributed by atoms with E-state index < -0.39 is 0 Å². The van der Waals surface area contributed by atoms with Crippen molar-refractivity contribution in [2.75, 3.05) is 18.9 Å². The second kappa shape index (κ2) is 9.00. The molecule has 116 valence electrons. The van der Waals surface area contributed by atoms with Crippen molar-refractivity contribution in [3.63, 3.8) is 0 Å². The van der Waals surface area contributed by atoms with Gasteiger partial charge in [0, 0.05) is 12.1 Å². The van der Waals surface area contributed by atoms with Gasteiger partial charge in [-0.05, 0) is 56.9 Å².